The van der Waals surface area contributed by atoms with E-state index in [9.17, 15) is 9.59 Å². The van der Waals surface area contributed by atoms with Gasteiger partial charge in [0.25, 0.3) is 11.8 Å². The molecule has 2 atom stereocenters. The number of hydrogen-bond donors (Lipinski definition) is 1. The summed E-state index contributed by atoms with van der Waals surface area (Å²) in [6.07, 6.45) is 5.78. The van der Waals surface area contributed by atoms with Gasteiger partial charge in [0.15, 0.2) is 6.61 Å². The van der Waals surface area contributed by atoms with E-state index in [1.807, 2.05) is 4.90 Å². The summed E-state index contributed by atoms with van der Waals surface area (Å²) in [5.74, 6) is 1.04. The molecule has 27 heavy (non-hydrogen) atoms. The number of amides is 2. The number of carbonyl (C=O) groups excluding carboxylic acids is 2. The highest BCUT2D eigenvalue weighted by molar-refractivity contribution is 5.97. The number of rotatable bonds is 6. The van der Waals surface area contributed by atoms with Crippen molar-refractivity contribution < 1.29 is 19.1 Å². The van der Waals surface area contributed by atoms with Gasteiger partial charge in [-0.1, -0.05) is 13.3 Å². The molecule has 1 aliphatic heterocycles. The fraction of sp³-hybridized carbons (Fsp3) is 0.619. The van der Waals surface area contributed by atoms with Crippen molar-refractivity contribution in [2.24, 2.45) is 5.92 Å². The number of nitrogens with one attached hydrogen (secondary N) is 1. The summed E-state index contributed by atoms with van der Waals surface area (Å²) in [5.41, 5.74) is -0.0394. The molecule has 0 radical (unpaired) electrons. The first-order valence-corrected chi connectivity index (χ1v) is 9.90. The molecule has 6 nitrogen and oxygen atoms in total. The van der Waals surface area contributed by atoms with E-state index in [0.29, 0.717) is 17.4 Å². The molecule has 1 saturated heterocycles. The van der Waals surface area contributed by atoms with Gasteiger partial charge in [0.2, 0.25) is 0 Å². The monoisotopic (exact) mass is 374 g/mol. The van der Waals surface area contributed by atoms with E-state index in [4.69, 9.17) is 9.47 Å². The minimum Gasteiger partial charge on any atom is -0.484 e. The van der Waals surface area contributed by atoms with Crippen molar-refractivity contribution in [3.63, 3.8) is 0 Å². The third-order valence-corrected chi connectivity index (χ3v) is 5.69. The third kappa shape index (κ3) is 4.80. The second-order valence-electron chi connectivity index (χ2n) is 7.76. The Morgan fingerprint density at radius 1 is 1.19 bits per heavy atom. The molecular formula is C21H30N2O4. The molecule has 1 aromatic carbocycles. The Morgan fingerprint density at radius 3 is 2.52 bits per heavy atom. The van der Waals surface area contributed by atoms with E-state index < -0.39 is 5.60 Å². The summed E-state index contributed by atoms with van der Waals surface area (Å²) in [6, 6.07) is 7.14. The van der Waals surface area contributed by atoms with Crippen LogP contribution in [0.25, 0.3) is 0 Å². The molecule has 0 aromatic heterocycles. The van der Waals surface area contributed by atoms with Crippen molar-refractivity contribution in [3.05, 3.63) is 24.3 Å². The molecule has 2 fully saturated rings. The van der Waals surface area contributed by atoms with Crippen LogP contribution in [0.2, 0.25) is 0 Å². The van der Waals surface area contributed by atoms with E-state index in [1.54, 1.807) is 31.4 Å². The van der Waals surface area contributed by atoms with E-state index in [-0.39, 0.29) is 18.4 Å². The molecule has 1 heterocycles. The molecule has 2 aliphatic rings. The lowest BCUT2D eigenvalue weighted by atomic mass is 9.78. The van der Waals surface area contributed by atoms with Gasteiger partial charge in [-0.15, -0.1) is 0 Å². The maximum atomic E-state index is 12.8. The van der Waals surface area contributed by atoms with Crippen LogP contribution in [-0.4, -0.2) is 49.1 Å². The topological polar surface area (TPSA) is 67.9 Å². The zero-order valence-corrected chi connectivity index (χ0v) is 16.3. The van der Waals surface area contributed by atoms with Crippen molar-refractivity contribution in [1.29, 1.82) is 0 Å². The molecule has 148 valence electrons. The maximum absolute atomic E-state index is 12.8. The zero-order valence-electron chi connectivity index (χ0n) is 16.3. The maximum Gasteiger partial charge on any atom is 0.260 e. The van der Waals surface area contributed by atoms with Gasteiger partial charge in [0.1, 0.15) is 11.4 Å². The van der Waals surface area contributed by atoms with Gasteiger partial charge < -0.3 is 19.7 Å². The standard InChI is InChI=1S/C21H30N2O4/c1-16-6-5-11-21(14-16,26-2)20(25)22-17-7-9-18(10-8-17)27-15-19(24)23-12-3-4-13-23/h7-10,16H,3-6,11-15H2,1-2H3,(H,22,25)/t16-,21+/m0/s1. The SMILES string of the molecule is CO[C@]1(C(=O)Nc2ccc(OCC(=O)N3CCCC3)cc2)CCC[C@H](C)C1. The van der Waals surface area contributed by atoms with E-state index in [0.717, 1.165) is 51.6 Å². The van der Waals surface area contributed by atoms with Gasteiger partial charge in [0.05, 0.1) is 0 Å². The van der Waals surface area contributed by atoms with Crippen molar-refractivity contribution in [2.45, 2.75) is 51.0 Å². The van der Waals surface area contributed by atoms with E-state index in [1.165, 1.54) is 0 Å². The lowest BCUT2D eigenvalue weighted by Gasteiger charge is -2.37. The van der Waals surface area contributed by atoms with Crippen LogP contribution in [0, 0.1) is 5.92 Å². The summed E-state index contributed by atoms with van der Waals surface area (Å²) in [4.78, 5) is 26.7. The molecule has 1 aromatic rings. The number of ether oxygens (including phenoxy) is 2. The van der Waals surface area contributed by atoms with Gasteiger partial charge in [-0.2, -0.15) is 0 Å². The van der Waals surface area contributed by atoms with Crippen LogP contribution in [-0.2, 0) is 14.3 Å². The van der Waals surface area contributed by atoms with Crippen LogP contribution < -0.4 is 10.1 Å². The average molecular weight is 374 g/mol. The second kappa shape index (κ2) is 8.74. The Bertz CT molecular complexity index is 655. The number of methoxy groups -OCH3 is 1. The first kappa shape index (κ1) is 19.7. The molecule has 0 unspecified atom stereocenters. The van der Waals surface area contributed by atoms with Crippen LogP contribution in [0.15, 0.2) is 24.3 Å². The van der Waals surface area contributed by atoms with Crippen LogP contribution >= 0.6 is 0 Å². The Hall–Kier alpha value is -2.08. The molecular weight excluding hydrogens is 344 g/mol. The minimum absolute atomic E-state index is 0.0262. The summed E-state index contributed by atoms with van der Waals surface area (Å²) in [6.45, 7) is 3.87. The Labute approximate surface area is 161 Å². The Morgan fingerprint density at radius 2 is 1.89 bits per heavy atom. The van der Waals surface area contributed by atoms with Gasteiger partial charge in [-0.25, -0.2) is 0 Å². The van der Waals surface area contributed by atoms with Gasteiger partial charge in [0, 0.05) is 25.9 Å². The third-order valence-electron chi connectivity index (χ3n) is 5.69. The summed E-state index contributed by atoms with van der Waals surface area (Å²) >= 11 is 0. The summed E-state index contributed by atoms with van der Waals surface area (Å²) in [7, 11) is 1.62. The largest absolute Gasteiger partial charge is 0.484 e. The van der Waals surface area contributed by atoms with Crippen LogP contribution in [0.4, 0.5) is 5.69 Å². The number of nitrogens with zero attached hydrogens (tertiary/aromatic N) is 1. The highest BCUT2D eigenvalue weighted by atomic mass is 16.5. The molecule has 1 N–H and O–H groups in total. The first-order chi connectivity index (χ1) is 13.0. The number of carbonyl (C=O) groups is 2. The quantitative estimate of drug-likeness (QED) is 0.830. The zero-order chi connectivity index (χ0) is 19.3. The van der Waals surface area contributed by atoms with Gasteiger partial charge in [-0.3, -0.25) is 9.59 Å². The smallest absolute Gasteiger partial charge is 0.260 e. The molecule has 1 saturated carbocycles. The Balaban J connectivity index is 1.53. The molecule has 2 amide bonds. The predicted molar refractivity (Wildman–Crippen MR) is 104 cm³/mol. The normalized spacial score (nSPS) is 25.3. The average Bonchev–Trinajstić information content (AvgIpc) is 3.22. The number of hydrogen-bond acceptors (Lipinski definition) is 4. The molecule has 3 rings (SSSR count). The van der Waals surface area contributed by atoms with E-state index >= 15 is 0 Å². The van der Waals surface area contributed by atoms with Crippen molar-refractivity contribution >= 4 is 17.5 Å². The van der Waals surface area contributed by atoms with E-state index in [2.05, 4.69) is 12.2 Å². The highest BCUT2D eigenvalue weighted by Gasteiger charge is 2.41. The lowest BCUT2D eigenvalue weighted by molar-refractivity contribution is -0.143. The van der Waals surface area contributed by atoms with Crippen molar-refractivity contribution in [1.82, 2.24) is 4.90 Å². The fourth-order valence-corrected chi connectivity index (χ4v) is 4.07. The lowest BCUT2D eigenvalue weighted by Crippen LogP contribution is -2.47. The first-order valence-electron chi connectivity index (χ1n) is 9.90. The number of likely N-dealkylation sites (tertiary alicyclic amines) is 1. The van der Waals surface area contributed by atoms with Crippen LogP contribution in [0.1, 0.15) is 45.4 Å². The number of benzene rings is 1. The summed E-state index contributed by atoms with van der Waals surface area (Å²) < 4.78 is 11.2. The molecule has 6 heteroatoms. The predicted octanol–water partition coefficient (Wildman–Crippen LogP) is 3.22. The molecule has 0 spiro atoms. The highest BCUT2D eigenvalue weighted by Crippen LogP contribution is 2.35. The number of anilines is 1. The van der Waals surface area contributed by atoms with Crippen LogP contribution in [0.5, 0.6) is 5.75 Å². The summed E-state index contributed by atoms with van der Waals surface area (Å²) in [5, 5.41) is 2.97. The molecule has 0 bridgehead atoms. The molecule has 1 aliphatic carbocycles. The van der Waals surface area contributed by atoms with Crippen molar-refractivity contribution in [3.8, 4) is 5.75 Å². The van der Waals surface area contributed by atoms with Gasteiger partial charge >= 0.3 is 0 Å². The second-order valence-corrected chi connectivity index (χ2v) is 7.76. The van der Waals surface area contributed by atoms with Crippen LogP contribution in [0.3, 0.4) is 0 Å². The fourth-order valence-electron chi connectivity index (χ4n) is 4.07. The minimum atomic E-state index is -0.741. The Kier molecular flexibility index (Phi) is 6.37. The van der Waals surface area contributed by atoms with Gasteiger partial charge in [-0.05, 0) is 62.3 Å². The van der Waals surface area contributed by atoms with Crippen molar-refractivity contribution in [2.75, 3.05) is 32.1 Å².